The van der Waals surface area contributed by atoms with Crippen molar-refractivity contribution in [3.05, 3.63) is 37.5 Å². The van der Waals surface area contributed by atoms with Crippen LogP contribution in [0.25, 0.3) is 0 Å². The van der Waals surface area contributed by atoms with Crippen LogP contribution < -0.4 is 0 Å². The van der Waals surface area contributed by atoms with E-state index in [9.17, 15) is 0 Å². The summed E-state index contributed by atoms with van der Waals surface area (Å²) in [5.74, 6) is 1.19. The average Bonchev–Trinajstić information content (AvgIpc) is 2.30. The molecule has 0 aromatic rings. The third-order valence-corrected chi connectivity index (χ3v) is 2.22. The standard InChI is InChI=1S/C10H14/c1-4-9-6-8(3)10(5-2)7-9/h4-5,9-10H,1-3,6-7H2/t9-,10-/m1/s1. The van der Waals surface area contributed by atoms with Crippen LogP contribution >= 0.6 is 0 Å². The Kier molecular flexibility index (Phi) is 2.10. The molecule has 0 spiro atoms. The van der Waals surface area contributed by atoms with Crippen molar-refractivity contribution in [3.8, 4) is 0 Å². The Morgan fingerprint density at radius 3 is 2.30 bits per heavy atom. The third-order valence-electron chi connectivity index (χ3n) is 2.22. The number of rotatable bonds is 2. The van der Waals surface area contributed by atoms with Gasteiger partial charge in [0.25, 0.3) is 0 Å². The first-order valence-corrected chi connectivity index (χ1v) is 3.70. The van der Waals surface area contributed by atoms with Crippen LogP contribution in [0.2, 0.25) is 0 Å². The maximum absolute atomic E-state index is 3.99. The van der Waals surface area contributed by atoms with Crippen molar-refractivity contribution >= 4 is 0 Å². The smallest absolute Gasteiger partial charge is 0.00227 e. The molecule has 10 heavy (non-hydrogen) atoms. The fourth-order valence-electron chi connectivity index (χ4n) is 1.51. The second-order valence-electron chi connectivity index (χ2n) is 2.94. The number of allylic oxidation sites excluding steroid dienone is 3. The van der Waals surface area contributed by atoms with E-state index in [1.807, 2.05) is 12.2 Å². The fraction of sp³-hybridized carbons (Fsp3) is 0.400. The third kappa shape index (κ3) is 1.21. The molecule has 0 nitrogen and oxygen atoms in total. The van der Waals surface area contributed by atoms with E-state index in [1.165, 1.54) is 12.0 Å². The van der Waals surface area contributed by atoms with E-state index in [0.29, 0.717) is 11.8 Å². The molecule has 1 aliphatic carbocycles. The molecule has 1 rings (SSSR count). The summed E-state index contributed by atoms with van der Waals surface area (Å²) in [7, 11) is 0. The van der Waals surface area contributed by atoms with E-state index >= 15 is 0 Å². The van der Waals surface area contributed by atoms with Crippen LogP contribution in [0.1, 0.15) is 12.8 Å². The SMILES string of the molecule is C=C[C@@H]1CC(=C)[C@H](C=C)C1. The number of hydrogen-bond acceptors (Lipinski definition) is 0. The summed E-state index contributed by atoms with van der Waals surface area (Å²) in [5, 5.41) is 0. The molecule has 0 aromatic carbocycles. The van der Waals surface area contributed by atoms with Crippen molar-refractivity contribution in [1.29, 1.82) is 0 Å². The molecule has 1 fully saturated rings. The second kappa shape index (κ2) is 2.87. The Morgan fingerprint density at radius 1 is 1.30 bits per heavy atom. The molecule has 0 amide bonds. The van der Waals surface area contributed by atoms with Crippen molar-refractivity contribution < 1.29 is 0 Å². The Hall–Kier alpha value is -0.780. The molecule has 54 valence electrons. The van der Waals surface area contributed by atoms with Crippen LogP contribution in [0.3, 0.4) is 0 Å². The Morgan fingerprint density at radius 2 is 2.00 bits per heavy atom. The molecule has 0 heteroatoms. The summed E-state index contributed by atoms with van der Waals surface area (Å²) in [6.07, 6.45) is 6.30. The van der Waals surface area contributed by atoms with Gasteiger partial charge in [0.15, 0.2) is 0 Å². The summed E-state index contributed by atoms with van der Waals surface area (Å²) in [5.41, 5.74) is 1.32. The molecule has 0 heterocycles. The van der Waals surface area contributed by atoms with Crippen molar-refractivity contribution in [2.45, 2.75) is 12.8 Å². The van der Waals surface area contributed by atoms with Crippen molar-refractivity contribution in [3.63, 3.8) is 0 Å². The molecule has 1 aliphatic rings. The summed E-state index contributed by atoms with van der Waals surface area (Å²) in [4.78, 5) is 0. The van der Waals surface area contributed by atoms with E-state index < -0.39 is 0 Å². The minimum absolute atomic E-state index is 0.544. The van der Waals surface area contributed by atoms with Crippen molar-refractivity contribution in [1.82, 2.24) is 0 Å². The van der Waals surface area contributed by atoms with Crippen molar-refractivity contribution in [2.75, 3.05) is 0 Å². The Balaban J connectivity index is 2.60. The maximum Gasteiger partial charge on any atom is -0.00227 e. The summed E-state index contributed by atoms with van der Waals surface area (Å²) in [6, 6.07) is 0. The zero-order valence-corrected chi connectivity index (χ0v) is 6.34. The first-order chi connectivity index (χ1) is 4.77. The Labute approximate surface area is 62.9 Å². The first-order valence-electron chi connectivity index (χ1n) is 3.70. The van der Waals surface area contributed by atoms with Gasteiger partial charge in [0.1, 0.15) is 0 Å². The lowest BCUT2D eigenvalue weighted by Gasteiger charge is -2.01. The minimum Gasteiger partial charge on any atom is -0.103 e. The lowest BCUT2D eigenvalue weighted by Crippen LogP contribution is -1.89. The van der Waals surface area contributed by atoms with Gasteiger partial charge in [-0.2, -0.15) is 0 Å². The molecule has 0 unspecified atom stereocenters. The van der Waals surface area contributed by atoms with Crippen LogP contribution in [-0.2, 0) is 0 Å². The van der Waals surface area contributed by atoms with Crippen LogP contribution in [0, 0.1) is 11.8 Å². The van der Waals surface area contributed by atoms with E-state index in [0.717, 1.165) is 6.42 Å². The van der Waals surface area contributed by atoms with E-state index in [1.54, 1.807) is 0 Å². The highest BCUT2D eigenvalue weighted by molar-refractivity contribution is 5.16. The highest BCUT2D eigenvalue weighted by Gasteiger charge is 2.22. The molecule has 0 saturated heterocycles. The largest absolute Gasteiger partial charge is 0.103 e. The molecular formula is C10H14. The van der Waals surface area contributed by atoms with Gasteiger partial charge in [-0.3, -0.25) is 0 Å². The second-order valence-corrected chi connectivity index (χ2v) is 2.94. The van der Waals surface area contributed by atoms with E-state index in [-0.39, 0.29) is 0 Å². The van der Waals surface area contributed by atoms with Gasteiger partial charge in [0.2, 0.25) is 0 Å². The summed E-state index contributed by atoms with van der Waals surface area (Å²) >= 11 is 0. The van der Waals surface area contributed by atoms with Gasteiger partial charge in [-0.1, -0.05) is 24.3 Å². The van der Waals surface area contributed by atoms with E-state index in [2.05, 4.69) is 19.7 Å². The monoisotopic (exact) mass is 134 g/mol. The predicted molar refractivity (Wildman–Crippen MR) is 45.7 cm³/mol. The zero-order valence-electron chi connectivity index (χ0n) is 6.34. The Bertz CT molecular complexity index is 165. The normalized spacial score (nSPS) is 32.2. The van der Waals surface area contributed by atoms with Gasteiger partial charge in [-0.15, -0.1) is 13.2 Å². The molecule has 0 aliphatic heterocycles. The van der Waals surface area contributed by atoms with E-state index in [4.69, 9.17) is 0 Å². The lowest BCUT2D eigenvalue weighted by molar-refractivity contribution is 0.648. The summed E-state index contributed by atoms with van der Waals surface area (Å²) in [6.45, 7) is 11.5. The number of hydrogen-bond donors (Lipinski definition) is 0. The average molecular weight is 134 g/mol. The van der Waals surface area contributed by atoms with Gasteiger partial charge in [-0.05, 0) is 24.7 Å². The molecule has 2 atom stereocenters. The lowest BCUT2D eigenvalue weighted by atomic mass is 10.0. The van der Waals surface area contributed by atoms with Gasteiger partial charge < -0.3 is 0 Å². The highest BCUT2D eigenvalue weighted by Crippen LogP contribution is 2.35. The molecule has 0 aromatic heterocycles. The molecule has 0 N–H and O–H groups in total. The van der Waals surface area contributed by atoms with Gasteiger partial charge >= 0.3 is 0 Å². The zero-order chi connectivity index (χ0) is 7.56. The predicted octanol–water partition coefficient (Wildman–Crippen LogP) is 2.94. The van der Waals surface area contributed by atoms with Crippen LogP contribution in [0.4, 0.5) is 0 Å². The molecule has 1 saturated carbocycles. The maximum atomic E-state index is 3.99. The first kappa shape index (κ1) is 7.33. The van der Waals surface area contributed by atoms with Crippen LogP contribution in [0.15, 0.2) is 37.5 Å². The van der Waals surface area contributed by atoms with Gasteiger partial charge in [-0.25, -0.2) is 0 Å². The molecular weight excluding hydrogens is 120 g/mol. The van der Waals surface area contributed by atoms with Crippen LogP contribution in [0.5, 0.6) is 0 Å². The molecule has 0 radical (unpaired) electrons. The highest BCUT2D eigenvalue weighted by atomic mass is 14.3. The van der Waals surface area contributed by atoms with Crippen molar-refractivity contribution in [2.24, 2.45) is 11.8 Å². The summed E-state index contributed by atoms with van der Waals surface area (Å²) < 4.78 is 0. The minimum atomic E-state index is 0.544. The van der Waals surface area contributed by atoms with Crippen LogP contribution in [-0.4, -0.2) is 0 Å². The van der Waals surface area contributed by atoms with Gasteiger partial charge in [0.05, 0.1) is 0 Å². The quantitative estimate of drug-likeness (QED) is 0.509. The molecule has 0 bridgehead atoms. The van der Waals surface area contributed by atoms with Gasteiger partial charge in [0, 0.05) is 0 Å². The fourth-order valence-corrected chi connectivity index (χ4v) is 1.51. The topological polar surface area (TPSA) is 0 Å².